The highest BCUT2D eigenvalue weighted by Crippen LogP contribution is 2.27. The van der Waals surface area contributed by atoms with Crippen molar-refractivity contribution < 1.29 is 14.5 Å². The number of ether oxygens (including phenoxy) is 1. The Morgan fingerprint density at radius 3 is 2.43 bits per heavy atom. The Kier molecular flexibility index (Phi) is 8.80. The molecule has 30 heavy (non-hydrogen) atoms. The van der Waals surface area contributed by atoms with Crippen molar-refractivity contribution in [2.75, 3.05) is 24.6 Å². The first-order chi connectivity index (χ1) is 14.4. The molecule has 1 N–H and O–H groups in total. The van der Waals surface area contributed by atoms with Gasteiger partial charge in [0.1, 0.15) is 0 Å². The number of hydrogen-bond acceptors (Lipinski definition) is 6. The quantitative estimate of drug-likeness (QED) is 0.341. The predicted octanol–water partition coefficient (Wildman–Crippen LogP) is 4.06. The molecule has 0 aromatic heterocycles. The van der Waals surface area contributed by atoms with Crippen LogP contribution in [-0.4, -0.2) is 36.7 Å². The second kappa shape index (κ2) is 11.5. The topological polar surface area (TPSA) is 97.1 Å². The van der Waals surface area contributed by atoms with Gasteiger partial charge in [-0.05, 0) is 49.1 Å². The average Bonchev–Trinajstić information content (AvgIpc) is 2.73. The summed E-state index contributed by atoms with van der Waals surface area (Å²) in [5.41, 5.74) is 4.94. The normalized spacial score (nSPS) is 10.8. The summed E-state index contributed by atoms with van der Waals surface area (Å²) in [6.45, 7) is 7.71. The summed E-state index contributed by atoms with van der Waals surface area (Å²) in [6, 6.07) is 12.5. The van der Waals surface area contributed by atoms with Crippen LogP contribution >= 0.6 is 0 Å². The van der Waals surface area contributed by atoms with Gasteiger partial charge in [0.15, 0.2) is 12.4 Å². The highest BCUT2D eigenvalue weighted by atomic mass is 16.6. The maximum absolute atomic E-state index is 11.9. The molecular weight excluding hydrogens is 384 g/mol. The number of hydrogen-bond donors (Lipinski definition) is 1. The van der Waals surface area contributed by atoms with Crippen LogP contribution in [0.3, 0.4) is 0 Å². The van der Waals surface area contributed by atoms with E-state index in [2.05, 4.69) is 29.3 Å². The summed E-state index contributed by atoms with van der Waals surface area (Å²) in [7, 11) is 0. The van der Waals surface area contributed by atoms with E-state index in [4.69, 9.17) is 4.74 Å². The van der Waals surface area contributed by atoms with Gasteiger partial charge in [0.2, 0.25) is 0 Å². The van der Waals surface area contributed by atoms with Crippen LogP contribution < -0.4 is 15.1 Å². The number of amides is 1. The lowest BCUT2D eigenvalue weighted by Crippen LogP contribution is -2.25. The van der Waals surface area contributed by atoms with E-state index >= 15 is 0 Å². The van der Waals surface area contributed by atoms with E-state index in [1.807, 2.05) is 24.3 Å². The van der Waals surface area contributed by atoms with E-state index in [1.54, 1.807) is 19.2 Å². The maximum atomic E-state index is 11.9. The molecule has 0 unspecified atom stereocenters. The fourth-order valence-corrected chi connectivity index (χ4v) is 2.93. The first-order valence-corrected chi connectivity index (χ1v) is 9.99. The van der Waals surface area contributed by atoms with Gasteiger partial charge in [-0.1, -0.05) is 32.0 Å². The van der Waals surface area contributed by atoms with Gasteiger partial charge in [-0.3, -0.25) is 14.9 Å². The summed E-state index contributed by atoms with van der Waals surface area (Å²) >= 11 is 0. The summed E-state index contributed by atoms with van der Waals surface area (Å²) < 4.78 is 5.27. The Morgan fingerprint density at radius 2 is 1.83 bits per heavy atom. The number of aryl methyl sites for hydroxylation is 1. The van der Waals surface area contributed by atoms with Gasteiger partial charge >= 0.3 is 5.69 Å². The molecule has 8 heteroatoms. The third-order valence-electron chi connectivity index (χ3n) is 4.32. The zero-order chi connectivity index (χ0) is 21.9. The van der Waals surface area contributed by atoms with Crippen LogP contribution in [0.15, 0.2) is 47.6 Å². The van der Waals surface area contributed by atoms with E-state index in [0.29, 0.717) is 0 Å². The van der Waals surface area contributed by atoms with Crippen molar-refractivity contribution in [1.82, 2.24) is 5.43 Å². The summed E-state index contributed by atoms with van der Waals surface area (Å²) in [5, 5.41) is 15.0. The number of anilines is 1. The SMILES string of the molecule is CCCN(CCC)c1ccc(/C=N/NC(=O)COc2ccc(C)cc2[N+](=O)[O-])cc1. The minimum absolute atomic E-state index is 0.0454. The van der Waals surface area contributed by atoms with Crippen LogP contribution in [0.4, 0.5) is 11.4 Å². The minimum Gasteiger partial charge on any atom is -0.477 e. The minimum atomic E-state index is -0.538. The molecule has 0 saturated carbocycles. The van der Waals surface area contributed by atoms with Gasteiger partial charge in [-0.2, -0.15) is 5.10 Å². The number of nitrogens with zero attached hydrogens (tertiary/aromatic N) is 3. The van der Waals surface area contributed by atoms with E-state index in [0.717, 1.165) is 42.7 Å². The van der Waals surface area contributed by atoms with Gasteiger partial charge < -0.3 is 9.64 Å². The number of rotatable bonds is 11. The van der Waals surface area contributed by atoms with E-state index < -0.39 is 10.8 Å². The maximum Gasteiger partial charge on any atom is 0.311 e. The molecule has 0 fully saturated rings. The van der Waals surface area contributed by atoms with Gasteiger partial charge in [0.25, 0.3) is 5.91 Å². The molecule has 160 valence electrons. The second-order valence-corrected chi connectivity index (χ2v) is 6.89. The zero-order valence-electron chi connectivity index (χ0n) is 17.6. The molecule has 1 amide bonds. The number of nitro benzene ring substituents is 1. The van der Waals surface area contributed by atoms with Crippen LogP contribution in [0.2, 0.25) is 0 Å². The second-order valence-electron chi connectivity index (χ2n) is 6.89. The molecule has 0 aliphatic heterocycles. The smallest absolute Gasteiger partial charge is 0.311 e. The fraction of sp³-hybridized carbons (Fsp3) is 0.364. The lowest BCUT2D eigenvalue weighted by molar-refractivity contribution is -0.385. The predicted molar refractivity (Wildman–Crippen MR) is 118 cm³/mol. The van der Waals surface area contributed by atoms with Crippen molar-refractivity contribution in [2.45, 2.75) is 33.6 Å². The highest BCUT2D eigenvalue weighted by molar-refractivity contribution is 5.83. The lowest BCUT2D eigenvalue weighted by atomic mass is 10.2. The number of nitro groups is 1. The van der Waals surface area contributed by atoms with Gasteiger partial charge in [-0.25, -0.2) is 5.43 Å². The molecule has 0 heterocycles. The molecular formula is C22H28N4O4. The van der Waals surface area contributed by atoms with Crippen molar-refractivity contribution in [3.8, 4) is 5.75 Å². The van der Waals surface area contributed by atoms with Gasteiger partial charge in [0.05, 0.1) is 11.1 Å². The van der Waals surface area contributed by atoms with E-state index in [9.17, 15) is 14.9 Å². The molecule has 0 aliphatic carbocycles. The fourth-order valence-electron chi connectivity index (χ4n) is 2.93. The largest absolute Gasteiger partial charge is 0.477 e. The summed E-state index contributed by atoms with van der Waals surface area (Å²) in [4.78, 5) is 24.8. The lowest BCUT2D eigenvalue weighted by Gasteiger charge is -2.23. The summed E-state index contributed by atoms with van der Waals surface area (Å²) in [5.74, 6) is -0.459. The van der Waals surface area contributed by atoms with E-state index in [-0.39, 0.29) is 18.0 Å². The van der Waals surface area contributed by atoms with Crippen molar-refractivity contribution in [3.05, 3.63) is 63.7 Å². The highest BCUT2D eigenvalue weighted by Gasteiger charge is 2.16. The zero-order valence-corrected chi connectivity index (χ0v) is 17.6. The Bertz CT molecular complexity index is 875. The van der Waals surface area contributed by atoms with Crippen molar-refractivity contribution in [2.24, 2.45) is 5.10 Å². The van der Waals surface area contributed by atoms with Crippen LogP contribution in [0.5, 0.6) is 5.75 Å². The Balaban J connectivity index is 1.88. The monoisotopic (exact) mass is 412 g/mol. The third-order valence-corrected chi connectivity index (χ3v) is 4.32. The molecule has 2 rings (SSSR count). The van der Waals surface area contributed by atoms with Crippen LogP contribution in [0, 0.1) is 17.0 Å². The van der Waals surface area contributed by atoms with Crippen LogP contribution in [0.25, 0.3) is 0 Å². The van der Waals surface area contributed by atoms with E-state index in [1.165, 1.54) is 12.1 Å². The molecule has 0 bridgehead atoms. The number of nitrogens with one attached hydrogen (secondary N) is 1. The first-order valence-electron chi connectivity index (χ1n) is 9.99. The third kappa shape index (κ3) is 6.88. The average molecular weight is 412 g/mol. The van der Waals surface area contributed by atoms with Crippen LogP contribution in [-0.2, 0) is 4.79 Å². The molecule has 2 aromatic rings. The van der Waals surface area contributed by atoms with Crippen molar-refractivity contribution >= 4 is 23.5 Å². The molecule has 2 aromatic carbocycles. The number of carbonyl (C=O) groups is 1. The Hall–Kier alpha value is -3.42. The van der Waals surface area contributed by atoms with Crippen molar-refractivity contribution in [3.63, 3.8) is 0 Å². The molecule has 0 aliphatic rings. The molecule has 0 atom stereocenters. The molecule has 0 saturated heterocycles. The van der Waals surface area contributed by atoms with Gasteiger partial charge in [0, 0.05) is 24.8 Å². The number of carbonyl (C=O) groups excluding carboxylic acids is 1. The molecule has 0 spiro atoms. The standard InChI is InChI=1S/C22H28N4O4/c1-4-12-25(13-5-2)19-9-7-18(8-10-19)15-23-24-22(27)16-30-21-11-6-17(3)14-20(21)26(28)29/h6-11,14-15H,4-5,12-13,16H2,1-3H3,(H,24,27)/b23-15+. The Labute approximate surface area is 176 Å². The van der Waals surface area contributed by atoms with Crippen LogP contribution in [0.1, 0.15) is 37.8 Å². The molecule has 0 radical (unpaired) electrons. The molecule has 8 nitrogen and oxygen atoms in total. The summed E-state index contributed by atoms with van der Waals surface area (Å²) in [6.07, 6.45) is 3.71. The first kappa shape index (κ1) is 22.9. The number of hydrazone groups is 1. The Morgan fingerprint density at radius 1 is 1.17 bits per heavy atom. The number of benzene rings is 2. The van der Waals surface area contributed by atoms with Crippen molar-refractivity contribution in [1.29, 1.82) is 0 Å². The van der Waals surface area contributed by atoms with Gasteiger partial charge in [-0.15, -0.1) is 0 Å².